The molecule has 0 bridgehead atoms. The minimum Gasteiger partial charge on any atom is -0.481 e. The molecule has 0 aliphatic carbocycles. The molecule has 0 saturated heterocycles. The number of carboxylic acids is 1. The maximum Gasteiger partial charge on any atom is 0.311 e. The van der Waals surface area contributed by atoms with Gasteiger partial charge < -0.3 is 9.84 Å². The Morgan fingerprint density at radius 2 is 1.82 bits per heavy atom. The summed E-state index contributed by atoms with van der Waals surface area (Å²) in [6.45, 7) is 3.69. The Balaban J connectivity index is 2.19. The molecule has 1 unspecified atom stereocenters. The van der Waals surface area contributed by atoms with E-state index in [0.717, 1.165) is 29.2 Å². The van der Waals surface area contributed by atoms with E-state index in [1.165, 1.54) is 0 Å². The maximum absolute atomic E-state index is 11.6. The average Bonchev–Trinajstić information content (AvgIpc) is 2.51. The monoisotopic (exact) mass is 300 g/mol. The fraction of sp³-hybridized carbons (Fsp3) is 0.333. The summed E-state index contributed by atoms with van der Waals surface area (Å²) in [6, 6.07) is 10.9. The number of carbonyl (C=O) groups excluding carboxylic acids is 1. The van der Waals surface area contributed by atoms with E-state index in [-0.39, 0.29) is 5.97 Å². The zero-order valence-corrected chi connectivity index (χ0v) is 12.8. The van der Waals surface area contributed by atoms with E-state index >= 15 is 0 Å². The molecule has 0 heterocycles. The Bertz CT molecular complexity index is 691. The van der Waals surface area contributed by atoms with Gasteiger partial charge in [-0.05, 0) is 41.8 Å². The van der Waals surface area contributed by atoms with Crippen molar-refractivity contribution in [3.05, 3.63) is 42.0 Å². The summed E-state index contributed by atoms with van der Waals surface area (Å²) in [4.78, 5) is 22.7. The normalized spacial score (nSPS) is 12.1. The first-order valence-corrected chi connectivity index (χ1v) is 7.48. The van der Waals surface area contributed by atoms with Crippen LogP contribution >= 0.6 is 0 Å². The van der Waals surface area contributed by atoms with Gasteiger partial charge in [-0.15, -0.1) is 0 Å². The summed E-state index contributed by atoms with van der Waals surface area (Å²) in [7, 11) is 0. The largest absolute Gasteiger partial charge is 0.481 e. The minimum absolute atomic E-state index is 0.225. The SMILES string of the molecule is CCCCC(=O)Oc1ccc2cc(C(C)C(=O)O)ccc2c1. The Hall–Kier alpha value is -2.36. The highest BCUT2D eigenvalue weighted by Crippen LogP contribution is 2.25. The third-order valence-electron chi connectivity index (χ3n) is 3.67. The van der Waals surface area contributed by atoms with Crippen molar-refractivity contribution < 1.29 is 19.4 Å². The summed E-state index contributed by atoms with van der Waals surface area (Å²) in [6.07, 6.45) is 2.20. The zero-order valence-electron chi connectivity index (χ0n) is 12.8. The number of hydrogen-bond donors (Lipinski definition) is 1. The fourth-order valence-electron chi connectivity index (χ4n) is 2.22. The third kappa shape index (κ3) is 3.85. The molecular weight excluding hydrogens is 280 g/mol. The van der Waals surface area contributed by atoms with Gasteiger partial charge in [0, 0.05) is 6.42 Å². The van der Waals surface area contributed by atoms with Crippen molar-refractivity contribution >= 4 is 22.7 Å². The number of hydrogen-bond acceptors (Lipinski definition) is 3. The van der Waals surface area contributed by atoms with E-state index in [1.807, 2.05) is 25.1 Å². The molecule has 22 heavy (non-hydrogen) atoms. The molecule has 2 aromatic carbocycles. The van der Waals surface area contributed by atoms with E-state index in [2.05, 4.69) is 0 Å². The van der Waals surface area contributed by atoms with Crippen molar-refractivity contribution in [2.45, 2.75) is 39.0 Å². The summed E-state index contributed by atoms with van der Waals surface area (Å²) in [5.41, 5.74) is 0.757. The van der Waals surface area contributed by atoms with Crippen molar-refractivity contribution in [2.24, 2.45) is 0 Å². The lowest BCUT2D eigenvalue weighted by Crippen LogP contribution is -2.07. The molecular formula is C18H20O4. The van der Waals surface area contributed by atoms with Gasteiger partial charge in [0.1, 0.15) is 5.75 Å². The van der Waals surface area contributed by atoms with Crippen LogP contribution in [0.3, 0.4) is 0 Å². The van der Waals surface area contributed by atoms with Gasteiger partial charge in [-0.1, -0.05) is 37.6 Å². The number of carbonyl (C=O) groups is 2. The second kappa shape index (κ2) is 7.07. The molecule has 0 radical (unpaired) electrons. The summed E-state index contributed by atoms with van der Waals surface area (Å²) in [5, 5.41) is 10.9. The van der Waals surface area contributed by atoms with Crippen LogP contribution < -0.4 is 4.74 Å². The highest BCUT2D eigenvalue weighted by molar-refractivity contribution is 5.87. The lowest BCUT2D eigenvalue weighted by molar-refractivity contribution is -0.138. The van der Waals surface area contributed by atoms with Crippen LogP contribution in [0.5, 0.6) is 5.75 Å². The Morgan fingerprint density at radius 1 is 1.14 bits per heavy atom. The average molecular weight is 300 g/mol. The minimum atomic E-state index is -0.846. The number of fused-ring (bicyclic) bond motifs is 1. The van der Waals surface area contributed by atoms with E-state index in [0.29, 0.717) is 12.2 Å². The predicted molar refractivity (Wildman–Crippen MR) is 85.2 cm³/mol. The topological polar surface area (TPSA) is 63.6 Å². The van der Waals surface area contributed by atoms with Gasteiger partial charge in [0.25, 0.3) is 0 Å². The molecule has 0 aliphatic rings. The molecule has 116 valence electrons. The lowest BCUT2D eigenvalue weighted by Gasteiger charge is -2.09. The summed E-state index contributed by atoms with van der Waals surface area (Å²) < 4.78 is 5.31. The van der Waals surface area contributed by atoms with Crippen LogP contribution in [0.15, 0.2) is 36.4 Å². The van der Waals surface area contributed by atoms with E-state index < -0.39 is 11.9 Å². The zero-order chi connectivity index (χ0) is 16.1. The smallest absolute Gasteiger partial charge is 0.311 e. The predicted octanol–water partition coefficient (Wildman–Crippen LogP) is 4.12. The standard InChI is InChI=1S/C18H20O4/c1-3-4-5-17(19)22-16-9-8-14-10-13(12(2)18(20)21)6-7-15(14)11-16/h6-12H,3-5H2,1-2H3,(H,20,21). The van der Waals surface area contributed by atoms with Crippen molar-refractivity contribution in [2.75, 3.05) is 0 Å². The van der Waals surface area contributed by atoms with Crippen LogP contribution in [0.4, 0.5) is 0 Å². The van der Waals surface area contributed by atoms with Gasteiger partial charge in [-0.3, -0.25) is 9.59 Å². The number of ether oxygens (including phenoxy) is 1. The molecule has 4 nitrogen and oxygen atoms in total. The first-order valence-electron chi connectivity index (χ1n) is 7.48. The number of aliphatic carboxylic acids is 1. The van der Waals surface area contributed by atoms with Gasteiger partial charge in [-0.2, -0.15) is 0 Å². The summed E-state index contributed by atoms with van der Waals surface area (Å²) >= 11 is 0. The second-order valence-corrected chi connectivity index (χ2v) is 5.41. The van der Waals surface area contributed by atoms with E-state index in [9.17, 15) is 9.59 Å². The van der Waals surface area contributed by atoms with Gasteiger partial charge >= 0.3 is 11.9 Å². The molecule has 4 heteroatoms. The number of rotatable bonds is 6. The van der Waals surface area contributed by atoms with Crippen molar-refractivity contribution in [1.29, 1.82) is 0 Å². The molecule has 0 spiro atoms. The van der Waals surface area contributed by atoms with Gasteiger partial charge in [0.2, 0.25) is 0 Å². The van der Waals surface area contributed by atoms with Gasteiger partial charge in [0.05, 0.1) is 5.92 Å². The van der Waals surface area contributed by atoms with Crippen molar-refractivity contribution in [3.63, 3.8) is 0 Å². The molecule has 0 fully saturated rings. The number of esters is 1. The highest BCUT2D eigenvalue weighted by atomic mass is 16.5. The first kappa shape index (κ1) is 16.0. The van der Waals surface area contributed by atoms with Gasteiger partial charge in [0.15, 0.2) is 0 Å². The first-order chi connectivity index (χ1) is 10.5. The maximum atomic E-state index is 11.6. The molecule has 2 rings (SSSR count). The Labute approximate surface area is 129 Å². The number of benzene rings is 2. The summed E-state index contributed by atoms with van der Waals surface area (Å²) in [5.74, 6) is -1.10. The van der Waals surface area contributed by atoms with Crippen molar-refractivity contribution in [1.82, 2.24) is 0 Å². The molecule has 1 atom stereocenters. The quantitative estimate of drug-likeness (QED) is 0.643. The third-order valence-corrected chi connectivity index (χ3v) is 3.67. The molecule has 0 aromatic heterocycles. The number of carboxylic acid groups (broad SMARTS) is 1. The van der Waals surface area contributed by atoms with Crippen LogP contribution in [0.1, 0.15) is 44.6 Å². The molecule has 0 aliphatic heterocycles. The van der Waals surface area contributed by atoms with E-state index in [1.54, 1.807) is 25.1 Å². The molecule has 2 aromatic rings. The second-order valence-electron chi connectivity index (χ2n) is 5.41. The Morgan fingerprint density at radius 3 is 2.50 bits per heavy atom. The molecule has 0 amide bonds. The molecule has 0 saturated carbocycles. The van der Waals surface area contributed by atoms with E-state index in [4.69, 9.17) is 9.84 Å². The Kier molecular flexibility index (Phi) is 5.15. The molecule has 1 N–H and O–H groups in total. The number of unbranched alkanes of at least 4 members (excludes halogenated alkanes) is 1. The van der Waals surface area contributed by atoms with Crippen molar-refractivity contribution in [3.8, 4) is 5.75 Å². The van der Waals surface area contributed by atoms with Crippen LogP contribution in [0.25, 0.3) is 10.8 Å². The van der Waals surface area contributed by atoms with Crippen LogP contribution in [-0.4, -0.2) is 17.0 Å². The van der Waals surface area contributed by atoms with Crippen LogP contribution in [0, 0.1) is 0 Å². The lowest BCUT2D eigenvalue weighted by atomic mass is 9.98. The fourth-order valence-corrected chi connectivity index (χ4v) is 2.22. The van der Waals surface area contributed by atoms with Crippen LogP contribution in [-0.2, 0) is 9.59 Å². The van der Waals surface area contributed by atoms with Crippen LogP contribution in [0.2, 0.25) is 0 Å². The highest BCUT2D eigenvalue weighted by Gasteiger charge is 2.14. The van der Waals surface area contributed by atoms with Gasteiger partial charge in [-0.25, -0.2) is 0 Å².